The second-order valence-corrected chi connectivity index (χ2v) is 6.97. The fraction of sp³-hybridized carbons (Fsp3) is 0.368. The van der Waals surface area contributed by atoms with E-state index in [4.69, 9.17) is 0 Å². The molecule has 0 aliphatic carbocycles. The van der Waals surface area contributed by atoms with Gasteiger partial charge in [-0.2, -0.15) is 5.10 Å². The van der Waals surface area contributed by atoms with Gasteiger partial charge in [-0.05, 0) is 24.6 Å². The number of aryl methyl sites for hydroxylation is 2. The van der Waals surface area contributed by atoms with Crippen molar-refractivity contribution in [3.63, 3.8) is 0 Å². The van der Waals surface area contributed by atoms with Gasteiger partial charge in [0.2, 0.25) is 5.91 Å². The fourth-order valence-electron chi connectivity index (χ4n) is 3.44. The highest BCUT2D eigenvalue weighted by Crippen LogP contribution is 2.23. The number of carbonyl (C=O) groups is 1. The largest absolute Gasteiger partial charge is 0.353 e. The van der Waals surface area contributed by atoms with Crippen LogP contribution in [0.15, 0.2) is 30.7 Å². The molecule has 4 rings (SSSR count). The third-order valence-corrected chi connectivity index (χ3v) is 5.02. The summed E-state index contributed by atoms with van der Waals surface area (Å²) in [4.78, 5) is 25.3. The molecule has 0 saturated carbocycles. The highest BCUT2D eigenvalue weighted by atomic mass is 19.1. The Morgan fingerprint density at radius 3 is 2.79 bits per heavy atom. The van der Waals surface area contributed by atoms with E-state index in [1.54, 1.807) is 23.3 Å². The van der Waals surface area contributed by atoms with Crippen molar-refractivity contribution in [2.75, 3.05) is 42.9 Å². The summed E-state index contributed by atoms with van der Waals surface area (Å²) in [7, 11) is 1.86. The molecule has 28 heavy (non-hydrogen) atoms. The van der Waals surface area contributed by atoms with Crippen LogP contribution in [0.1, 0.15) is 5.56 Å². The van der Waals surface area contributed by atoms with Gasteiger partial charge in [-0.15, -0.1) is 0 Å². The second-order valence-electron chi connectivity index (χ2n) is 6.97. The zero-order valence-electron chi connectivity index (χ0n) is 15.9. The normalized spacial score (nSPS) is 15.2. The minimum absolute atomic E-state index is 0.140. The number of rotatable bonds is 4. The van der Waals surface area contributed by atoms with Gasteiger partial charge in [0.25, 0.3) is 0 Å². The molecule has 3 aromatic rings. The van der Waals surface area contributed by atoms with Crippen molar-refractivity contribution in [3.8, 4) is 0 Å². The Bertz CT molecular complexity index is 1010. The van der Waals surface area contributed by atoms with Gasteiger partial charge < -0.3 is 10.2 Å². The lowest BCUT2D eigenvalue weighted by molar-refractivity contribution is -0.117. The molecule has 1 aliphatic rings. The summed E-state index contributed by atoms with van der Waals surface area (Å²) < 4.78 is 15.1. The molecule has 0 spiro atoms. The molecule has 3 heterocycles. The Labute approximate surface area is 162 Å². The Balaban J connectivity index is 1.36. The lowest BCUT2D eigenvalue weighted by atomic mass is 10.2. The van der Waals surface area contributed by atoms with Crippen molar-refractivity contribution in [1.29, 1.82) is 0 Å². The van der Waals surface area contributed by atoms with Crippen molar-refractivity contribution in [2.45, 2.75) is 6.92 Å². The van der Waals surface area contributed by atoms with Gasteiger partial charge in [-0.1, -0.05) is 6.07 Å². The van der Waals surface area contributed by atoms with Crippen molar-refractivity contribution >= 4 is 28.4 Å². The Hall–Kier alpha value is -3.07. The van der Waals surface area contributed by atoms with E-state index in [9.17, 15) is 9.18 Å². The van der Waals surface area contributed by atoms with E-state index in [0.717, 1.165) is 48.6 Å². The van der Waals surface area contributed by atoms with Crippen molar-refractivity contribution in [3.05, 3.63) is 42.1 Å². The number of nitrogens with one attached hydrogen (secondary N) is 1. The summed E-state index contributed by atoms with van der Waals surface area (Å²) in [5.74, 6) is 0.373. The van der Waals surface area contributed by atoms with E-state index in [1.165, 1.54) is 12.1 Å². The predicted molar refractivity (Wildman–Crippen MR) is 105 cm³/mol. The van der Waals surface area contributed by atoms with Crippen LogP contribution in [0.25, 0.3) is 11.0 Å². The molecule has 2 aromatic heterocycles. The molecule has 0 atom stereocenters. The standard InChI is InChI=1S/C19H22FN7O/c1-13-3-4-14(20)9-16(13)24-17(28)11-26-5-7-27(8-6-26)19-15-10-23-25(2)18(15)21-12-22-19/h3-4,9-10,12H,5-8,11H2,1-2H3,(H,24,28). The number of fused-ring (bicyclic) bond motifs is 1. The Morgan fingerprint density at radius 1 is 1.21 bits per heavy atom. The molecule has 1 aliphatic heterocycles. The number of nitrogens with zero attached hydrogens (tertiary/aromatic N) is 6. The highest BCUT2D eigenvalue weighted by Gasteiger charge is 2.22. The minimum Gasteiger partial charge on any atom is -0.353 e. The van der Waals surface area contributed by atoms with Crippen LogP contribution in [0.4, 0.5) is 15.9 Å². The van der Waals surface area contributed by atoms with Crippen LogP contribution in [0.5, 0.6) is 0 Å². The molecule has 1 amide bonds. The van der Waals surface area contributed by atoms with Crippen molar-refractivity contribution < 1.29 is 9.18 Å². The van der Waals surface area contributed by atoms with Crippen LogP contribution in [-0.4, -0.2) is 63.3 Å². The molecule has 1 aromatic carbocycles. The summed E-state index contributed by atoms with van der Waals surface area (Å²) in [5.41, 5.74) is 2.16. The first kappa shape index (κ1) is 18.3. The van der Waals surface area contributed by atoms with E-state index < -0.39 is 0 Å². The van der Waals surface area contributed by atoms with Gasteiger partial charge in [0, 0.05) is 38.9 Å². The summed E-state index contributed by atoms with van der Waals surface area (Å²) in [5, 5.41) is 7.99. The van der Waals surface area contributed by atoms with Gasteiger partial charge in [0.1, 0.15) is 18.0 Å². The number of anilines is 2. The average molecular weight is 383 g/mol. The number of amides is 1. The van der Waals surface area contributed by atoms with Gasteiger partial charge in [0.15, 0.2) is 5.65 Å². The number of hydrogen-bond acceptors (Lipinski definition) is 6. The van der Waals surface area contributed by atoms with Gasteiger partial charge >= 0.3 is 0 Å². The van der Waals surface area contributed by atoms with E-state index >= 15 is 0 Å². The maximum absolute atomic E-state index is 13.4. The molecule has 9 heteroatoms. The lowest BCUT2D eigenvalue weighted by Gasteiger charge is -2.35. The van der Waals surface area contributed by atoms with Crippen LogP contribution in [-0.2, 0) is 11.8 Å². The molecule has 0 radical (unpaired) electrons. The average Bonchev–Trinajstić information content (AvgIpc) is 3.07. The zero-order chi connectivity index (χ0) is 19.7. The van der Waals surface area contributed by atoms with E-state index in [-0.39, 0.29) is 18.3 Å². The van der Waals surface area contributed by atoms with E-state index in [2.05, 4.69) is 30.2 Å². The maximum atomic E-state index is 13.4. The van der Waals surface area contributed by atoms with E-state index in [1.807, 2.05) is 14.0 Å². The number of halogens is 1. The Morgan fingerprint density at radius 2 is 2.00 bits per heavy atom. The first-order valence-electron chi connectivity index (χ1n) is 9.17. The molecule has 1 saturated heterocycles. The Kier molecular flexibility index (Phi) is 4.91. The topological polar surface area (TPSA) is 79.2 Å². The van der Waals surface area contributed by atoms with Crippen LogP contribution in [0.2, 0.25) is 0 Å². The molecule has 146 valence electrons. The number of aromatic nitrogens is 4. The zero-order valence-corrected chi connectivity index (χ0v) is 15.9. The second kappa shape index (κ2) is 7.51. The smallest absolute Gasteiger partial charge is 0.238 e. The third kappa shape index (κ3) is 3.65. The highest BCUT2D eigenvalue weighted by molar-refractivity contribution is 5.93. The first-order chi connectivity index (χ1) is 13.5. The van der Waals surface area contributed by atoms with Gasteiger partial charge in [0.05, 0.1) is 18.1 Å². The molecule has 0 bridgehead atoms. The minimum atomic E-state index is -0.360. The first-order valence-corrected chi connectivity index (χ1v) is 9.17. The third-order valence-electron chi connectivity index (χ3n) is 5.02. The maximum Gasteiger partial charge on any atom is 0.238 e. The number of carbonyl (C=O) groups excluding carboxylic acids is 1. The summed E-state index contributed by atoms with van der Waals surface area (Å²) in [6.07, 6.45) is 3.34. The summed E-state index contributed by atoms with van der Waals surface area (Å²) >= 11 is 0. The van der Waals surface area contributed by atoms with Crippen molar-refractivity contribution in [2.24, 2.45) is 7.05 Å². The summed E-state index contributed by atoms with van der Waals surface area (Å²) in [6.45, 7) is 5.10. The monoisotopic (exact) mass is 383 g/mol. The van der Waals surface area contributed by atoms with Crippen LogP contribution in [0.3, 0.4) is 0 Å². The number of piperazine rings is 1. The summed E-state index contributed by atoms with van der Waals surface area (Å²) in [6, 6.07) is 4.39. The van der Waals surface area contributed by atoms with Crippen LogP contribution < -0.4 is 10.2 Å². The molecule has 8 nitrogen and oxygen atoms in total. The van der Waals surface area contributed by atoms with Crippen LogP contribution in [0, 0.1) is 12.7 Å². The van der Waals surface area contributed by atoms with Crippen LogP contribution >= 0.6 is 0 Å². The molecule has 1 fully saturated rings. The number of hydrogen-bond donors (Lipinski definition) is 1. The number of benzene rings is 1. The molecule has 0 unspecified atom stereocenters. The van der Waals surface area contributed by atoms with Gasteiger partial charge in [-0.25, -0.2) is 14.4 Å². The molecular weight excluding hydrogens is 361 g/mol. The molecule has 1 N–H and O–H groups in total. The lowest BCUT2D eigenvalue weighted by Crippen LogP contribution is -2.49. The SMILES string of the molecule is Cc1ccc(F)cc1NC(=O)CN1CCN(c2ncnc3c2cnn3C)CC1. The predicted octanol–water partition coefficient (Wildman–Crippen LogP) is 1.57. The van der Waals surface area contributed by atoms with E-state index in [0.29, 0.717) is 5.69 Å². The fourth-order valence-corrected chi connectivity index (χ4v) is 3.44. The van der Waals surface area contributed by atoms with Gasteiger partial charge in [-0.3, -0.25) is 14.4 Å². The molecular formula is C19H22FN7O. The van der Waals surface area contributed by atoms with Crippen molar-refractivity contribution in [1.82, 2.24) is 24.6 Å². The quantitative estimate of drug-likeness (QED) is 0.737.